The first kappa shape index (κ1) is 20.4. The molecule has 164 valence electrons. The van der Waals surface area contributed by atoms with Crippen LogP contribution in [0.2, 0.25) is 0 Å². The number of amides is 2. The fraction of sp³-hybridized carbons (Fsp3) is 0.500. The third kappa shape index (κ3) is 4.57. The second-order valence-corrected chi connectivity index (χ2v) is 9.39. The number of nitrogens with zero attached hydrogens (tertiary/aromatic N) is 2. The van der Waals surface area contributed by atoms with Crippen molar-refractivity contribution in [2.24, 2.45) is 0 Å². The van der Waals surface area contributed by atoms with Crippen LogP contribution in [0, 0.1) is 0 Å². The summed E-state index contributed by atoms with van der Waals surface area (Å²) in [4.78, 5) is 17.2. The Morgan fingerprint density at radius 1 is 0.903 bits per heavy atom. The normalized spacial score (nSPS) is 26.6. The Kier molecular flexibility index (Phi) is 5.86. The summed E-state index contributed by atoms with van der Waals surface area (Å²) >= 11 is 0. The summed E-state index contributed by atoms with van der Waals surface area (Å²) < 4.78 is 6.26. The van der Waals surface area contributed by atoms with Gasteiger partial charge in [0.15, 0.2) is 0 Å². The van der Waals surface area contributed by atoms with Gasteiger partial charge in [-0.25, -0.2) is 4.79 Å². The predicted molar refractivity (Wildman–Crippen MR) is 124 cm³/mol. The highest BCUT2D eigenvalue weighted by Crippen LogP contribution is 2.36. The van der Waals surface area contributed by atoms with E-state index in [1.807, 2.05) is 29.2 Å². The van der Waals surface area contributed by atoms with Crippen molar-refractivity contribution in [2.45, 2.75) is 62.6 Å². The molecule has 1 unspecified atom stereocenters. The average Bonchev–Trinajstić information content (AvgIpc) is 3.01. The number of hydrogen-bond acceptors (Lipinski definition) is 3. The molecule has 2 amide bonds. The molecule has 5 rings (SSSR count). The summed E-state index contributed by atoms with van der Waals surface area (Å²) in [6, 6.07) is 19.8. The lowest BCUT2D eigenvalue weighted by molar-refractivity contribution is 0.0662. The quantitative estimate of drug-likeness (QED) is 0.750. The Morgan fingerprint density at radius 2 is 1.55 bits per heavy atom. The number of benzene rings is 2. The lowest BCUT2D eigenvalue weighted by Crippen LogP contribution is -2.43. The van der Waals surface area contributed by atoms with Crippen LogP contribution in [0.1, 0.15) is 50.0 Å². The number of ether oxygens (including phenoxy) is 1. The molecular weight excluding hydrogens is 386 g/mol. The van der Waals surface area contributed by atoms with Crippen molar-refractivity contribution in [3.63, 3.8) is 0 Å². The molecule has 3 saturated heterocycles. The molecule has 2 aromatic carbocycles. The van der Waals surface area contributed by atoms with Crippen molar-refractivity contribution in [3.8, 4) is 5.75 Å². The fourth-order valence-corrected chi connectivity index (χ4v) is 5.61. The van der Waals surface area contributed by atoms with Gasteiger partial charge in [0.05, 0.1) is 0 Å². The smallest absolute Gasteiger partial charge is 0.321 e. The Morgan fingerprint density at radius 3 is 2.19 bits per heavy atom. The minimum absolute atomic E-state index is 0.00734. The highest BCUT2D eigenvalue weighted by atomic mass is 16.5. The van der Waals surface area contributed by atoms with E-state index < -0.39 is 0 Å². The minimum atomic E-state index is -0.00734. The van der Waals surface area contributed by atoms with E-state index in [0.29, 0.717) is 24.1 Å². The van der Waals surface area contributed by atoms with Crippen LogP contribution in [-0.4, -0.2) is 54.2 Å². The Bertz CT molecular complexity index is 863. The van der Waals surface area contributed by atoms with E-state index in [4.69, 9.17) is 4.74 Å². The zero-order chi connectivity index (χ0) is 21.2. The average molecular weight is 420 g/mol. The third-order valence-electron chi connectivity index (χ3n) is 7.52. The molecule has 3 aliphatic rings. The van der Waals surface area contributed by atoms with Crippen LogP contribution in [0.3, 0.4) is 0 Å². The van der Waals surface area contributed by atoms with E-state index in [-0.39, 0.29) is 6.03 Å². The van der Waals surface area contributed by atoms with Crippen LogP contribution in [0.15, 0.2) is 54.6 Å². The number of nitrogens with one attached hydrogen (secondary N) is 1. The van der Waals surface area contributed by atoms with Crippen LogP contribution in [0.25, 0.3) is 0 Å². The van der Waals surface area contributed by atoms with E-state index in [0.717, 1.165) is 50.2 Å². The van der Waals surface area contributed by atoms with Gasteiger partial charge in [-0.2, -0.15) is 0 Å². The molecule has 0 saturated carbocycles. The van der Waals surface area contributed by atoms with E-state index in [2.05, 4.69) is 47.6 Å². The molecule has 0 aliphatic carbocycles. The van der Waals surface area contributed by atoms with E-state index in [9.17, 15) is 4.79 Å². The molecule has 0 spiro atoms. The summed E-state index contributed by atoms with van der Waals surface area (Å²) in [7, 11) is 2.25. The molecule has 0 aromatic heterocycles. The number of rotatable bonds is 4. The van der Waals surface area contributed by atoms with Crippen LogP contribution in [0.4, 0.5) is 10.5 Å². The molecule has 3 fully saturated rings. The van der Waals surface area contributed by atoms with Crippen LogP contribution >= 0.6 is 0 Å². The van der Waals surface area contributed by atoms with Gasteiger partial charge in [-0.1, -0.05) is 30.3 Å². The Balaban J connectivity index is 1.10. The van der Waals surface area contributed by atoms with E-state index >= 15 is 0 Å². The number of piperidine rings is 2. The number of hydrogen-bond donors (Lipinski definition) is 1. The van der Waals surface area contributed by atoms with Crippen LogP contribution in [-0.2, 0) is 0 Å². The number of likely N-dealkylation sites (tertiary alicyclic amines) is 1. The van der Waals surface area contributed by atoms with Gasteiger partial charge in [0, 0.05) is 30.9 Å². The van der Waals surface area contributed by atoms with Crippen molar-refractivity contribution in [1.29, 1.82) is 0 Å². The summed E-state index contributed by atoms with van der Waals surface area (Å²) in [5.74, 6) is 1.45. The zero-order valence-electron chi connectivity index (χ0n) is 18.4. The first-order valence-corrected chi connectivity index (χ1v) is 11.8. The summed E-state index contributed by atoms with van der Waals surface area (Å²) in [6.45, 7) is 1.59. The van der Waals surface area contributed by atoms with Gasteiger partial charge in [-0.05, 0) is 81.3 Å². The standard InChI is InChI=1S/C26H33N3O2/c1-28-22-9-10-23(28)18-25(17-22)31-24-11-7-21(8-12-24)27-26(30)29-15-13-20(14-16-29)19-5-3-2-4-6-19/h2-8,11-12,20,22-23,25H,9-10,13-18H2,1H3,(H,27,30)/t22-,23+,25?. The minimum Gasteiger partial charge on any atom is -0.490 e. The topological polar surface area (TPSA) is 44.8 Å². The molecule has 31 heavy (non-hydrogen) atoms. The maximum atomic E-state index is 12.7. The van der Waals surface area contributed by atoms with Crippen molar-refractivity contribution in [2.75, 3.05) is 25.5 Å². The molecular formula is C26H33N3O2. The molecule has 5 heteroatoms. The molecule has 3 heterocycles. The van der Waals surface area contributed by atoms with Gasteiger partial charge < -0.3 is 19.9 Å². The van der Waals surface area contributed by atoms with Crippen molar-refractivity contribution >= 4 is 11.7 Å². The predicted octanol–water partition coefficient (Wildman–Crippen LogP) is 5.10. The molecule has 1 N–H and O–H groups in total. The SMILES string of the molecule is CN1[C@@H]2CC[C@H]1CC(Oc1ccc(NC(=O)N3CCC(c4ccccc4)CC3)cc1)C2. The monoisotopic (exact) mass is 419 g/mol. The Hall–Kier alpha value is -2.53. The number of fused-ring (bicyclic) bond motifs is 2. The molecule has 3 aliphatic heterocycles. The van der Waals surface area contributed by atoms with Crippen LogP contribution < -0.4 is 10.1 Å². The second-order valence-electron chi connectivity index (χ2n) is 9.39. The summed E-state index contributed by atoms with van der Waals surface area (Å²) in [6.07, 6.45) is 7.17. The third-order valence-corrected chi connectivity index (χ3v) is 7.52. The van der Waals surface area contributed by atoms with Gasteiger partial charge >= 0.3 is 6.03 Å². The maximum Gasteiger partial charge on any atom is 0.321 e. The first-order chi connectivity index (χ1) is 15.2. The van der Waals surface area contributed by atoms with Gasteiger partial charge in [-0.15, -0.1) is 0 Å². The number of urea groups is 1. The van der Waals surface area contributed by atoms with Gasteiger partial charge in [0.1, 0.15) is 11.9 Å². The van der Waals surface area contributed by atoms with Crippen molar-refractivity contribution < 1.29 is 9.53 Å². The van der Waals surface area contributed by atoms with Gasteiger partial charge in [0.2, 0.25) is 0 Å². The van der Waals surface area contributed by atoms with Gasteiger partial charge in [0.25, 0.3) is 0 Å². The molecule has 3 atom stereocenters. The number of anilines is 1. The fourth-order valence-electron chi connectivity index (χ4n) is 5.61. The molecule has 2 bridgehead atoms. The molecule has 2 aromatic rings. The van der Waals surface area contributed by atoms with E-state index in [1.54, 1.807) is 0 Å². The molecule has 5 nitrogen and oxygen atoms in total. The first-order valence-electron chi connectivity index (χ1n) is 11.8. The number of carbonyl (C=O) groups excluding carboxylic acids is 1. The second kappa shape index (κ2) is 8.91. The number of carbonyl (C=O) groups is 1. The summed E-state index contributed by atoms with van der Waals surface area (Å²) in [5, 5.41) is 3.05. The highest BCUT2D eigenvalue weighted by molar-refractivity contribution is 5.89. The van der Waals surface area contributed by atoms with Crippen molar-refractivity contribution in [1.82, 2.24) is 9.80 Å². The molecule has 0 radical (unpaired) electrons. The Labute approximate surface area is 185 Å². The van der Waals surface area contributed by atoms with Crippen LogP contribution in [0.5, 0.6) is 5.75 Å². The lowest BCUT2D eigenvalue weighted by Gasteiger charge is -2.36. The van der Waals surface area contributed by atoms with E-state index in [1.165, 1.54) is 18.4 Å². The summed E-state index contributed by atoms with van der Waals surface area (Å²) in [5.41, 5.74) is 2.21. The van der Waals surface area contributed by atoms with Crippen molar-refractivity contribution in [3.05, 3.63) is 60.2 Å². The highest BCUT2D eigenvalue weighted by Gasteiger charge is 2.39. The zero-order valence-corrected chi connectivity index (χ0v) is 18.4. The lowest BCUT2D eigenvalue weighted by atomic mass is 9.90. The maximum absolute atomic E-state index is 12.7. The van der Waals surface area contributed by atoms with Gasteiger partial charge in [-0.3, -0.25) is 0 Å². The largest absolute Gasteiger partial charge is 0.490 e.